The number of nitrogens with two attached hydrogens (primary N) is 1. The predicted molar refractivity (Wildman–Crippen MR) is 418 cm³/mol. The van der Waals surface area contributed by atoms with Crippen LogP contribution >= 0.6 is 47.0 Å². The summed E-state index contributed by atoms with van der Waals surface area (Å²) in [7, 11) is 1.53. The summed E-state index contributed by atoms with van der Waals surface area (Å²) in [5, 5.41) is 131. The first kappa shape index (κ1) is 84.0. The molecule has 0 spiro atoms. The molecular formula is C80H96Cl3N9O21S. The number of thiocarbonyl (C=S) groups is 1. The van der Waals surface area contributed by atoms with E-state index in [4.69, 9.17) is 81.2 Å². The highest BCUT2D eigenvalue weighted by Crippen LogP contribution is 2.52. The van der Waals surface area contributed by atoms with Gasteiger partial charge in [-0.05, 0) is 152 Å². The highest BCUT2D eigenvalue weighted by molar-refractivity contribution is 7.80. The number of fused-ring (bicyclic) bond motifs is 21. The van der Waals surface area contributed by atoms with Crippen LogP contribution in [0.25, 0.3) is 11.1 Å². The molecule has 34 heteroatoms. The second-order valence-electron chi connectivity index (χ2n) is 31.7. The van der Waals surface area contributed by atoms with Gasteiger partial charge in [-0.25, -0.2) is 0 Å². The summed E-state index contributed by atoms with van der Waals surface area (Å²) in [4.78, 5) is 89.2. The summed E-state index contributed by atoms with van der Waals surface area (Å²) in [5.74, 6) is -11.5. The van der Waals surface area contributed by atoms with E-state index in [1.54, 1.807) is 31.2 Å². The van der Waals surface area contributed by atoms with Crippen LogP contribution < -0.4 is 62.5 Å². The molecule has 10 unspecified atom stereocenters. The maximum Gasteiger partial charge on any atom is 0.247 e. The van der Waals surface area contributed by atoms with Crippen LogP contribution in [0, 0.1) is 17.8 Å². The quantitative estimate of drug-likeness (QED) is 0.0704. The molecule has 15 bridgehead atoms. The van der Waals surface area contributed by atoms with Gasteiger partial charge >= 0.3 is 0 Å². The average molecular weight is 1660 g/mol. The SMILES string of the molecule is CN[C@H](CC(C)C)C(=O)N[C@H]1C(=O)N[C@@H](CC(N)=O)C(=O)N[C@H]2C(=S)N[C@H]3C(=O)N[C@H](C(=O)N[C@H](CO)C4=CC(O)CC(C)(O)C4C4CC3=CC=C4O)[C@H](O)C3=CC=C(Oc4cc2cc(c4O[C@H]2OC(CO)C(O)[C@@H]4c5cc(ccc5-c5ccc(Cl)cc5)CNC5(C)C[C@H](OC24)OC(C)[C@H]5O)OC2=C(Cl)C=C(CC2)[C@H]1O)C(Cl)C3. The number of likely N-dealkylation sites (N-methyl/N-ethyl adjacent to an activating group) is 1. The van der Waals surface area contributed by atoms with Crippen LogP contribution in [0.2, 0.25) is 5.02 Å². The number of benzene rings is 3. The van der Waals surface area contributed by atoms with Crippen molar-refractivity contribution >= 4 is 87.5 Å². The zero-order valence-electron chi connectivity index (χ0n) is 63.2. The molecule has 3 aromatic carbocycles. The molecular weight excluding hydrogens is 1560 g/mol. The number of hydrogen-bond acceptors (Lipinski definition) is 24. The molecule has 15 rings (SSSR count). The van der Waals surface area contributed by atoms with Crippen LogP contribution in [-0.4, -0.2) is 221 Å². The number of aliphatic hydroxyl groups is 9. The Morgan fingerprint density at radius 2 is 1.51 bits per heavy atom. The van der Waals surface area contributed by atoms with Gasteiger partial charge in [0.15, 0.2) is 17.8 Å². The van der Waals surface area contributed by atoms with E-state index in [1.807, 2.05) is 39.0 Å². The largest absolute Gasteiger partial charge is 0.512 e. The van der Waals surface area contributed by atoms with E-state index in [0.717, 1.165) is 0 Å². The fourth-order valence-electron chi connectivity index (χ4n) is 17.2. The van der Waals surface area contributed by atoms with E-state index in [2.05, 4.69) is 42.5 Å². The van der Waals surface area contributed by atoms with Crippen molar-refractivity contribution in [2.24, 2.45) is 23.5 Å². The smallest absolute Gasteiger partial charge is 0.247 e. The molecule has 23 atom stereocenters. The lowest BCUT2D eigenvalue weighted by Gasteiger charge is -2.49. The Balaban J connectivity index is 1.05. The van der Waals surface area contributed by atoms with Crippen molar-refractivity contribution in [1.29, 1.82) is 0 Å². The van der Waals surface area contributed by atoms with Gasteiger partial charge in [-0.1, -0.05) is 97.8 Å². The number of amides is 6. The second-order valence-corrected chi connectivity index (χ2v) is 33.5. The Morgan fingerprint density at radius 3 is 2.19 bits per heavy atom. The highest BCUT2D eigenvalue weighted by Gasteiger charge is 2.55. The zero-order valence-corrected chi connectivity index (χ0v) is 66.3. The van der Waals surface area contributed by atoms with Gasteiger partial charge in [-0.2, -0.15) is 0 Å². The van der Waals surface area contributed by atoms with Gasteiger partial charge in [0.25, 0.3) is 0 Å². The third kappa shape index (κ3) is 17.4. The Hall–Kier alpha value is -7.90. The monoisotopic (exact) mass is 1660 g/mol. The van der Waals surface area contributed by atoms with Crippen LogP contribution in [-0.2, 0) is 49.5 Å². The fourth-order valence-corrected chi connectivity index (χ4v) is 18.2. The Labute approximate surface area is 677 Å². The number of halogens is 3. The van der Waals surface area contributed by atoms with Gasteiger partial charge in [0.1, 0.15) is 71.1 Å². The van der Waals surface area contributed by atoms with Crippen molar-refractivity contribution in [2.45, 2.75) is 219 Å². The third-order valence-corrected chi connectivity index (χ3v) is 24.4. The zero-order chi connectivity index (χ0) is 81.8. The number of ether oxygens (including phenoxy) is 6. The van der Waals surface area contributed by atoms with Gasteiger partial charge in [-0.15, -0.1) is 11.6 Å². The molecule has 3 saturated heterocycles. The molecule has 0 aromatic heterocycles. The Morgan fingerprint density at radius 1 is 0.789 bits per heavy atom. The molecule has 0 saturated carbocycles. The number of hydrogen-bond donors (Lipinski definition) is 18. The van der Waals surface area contributed by atoms with Crippen LogP contribution in [0.4, 0.5) is 0 Å². The summed E-state index contributed by atoms with van der Waals surface area (Å²) < 4.78 is 42.0. The predicted octanol–water partition coefficient (Wildman–Crippen LogP) is 2.83. The summed E-state index contributed by atoms with van der Waals surface area (Å²) in [6, 6.07) is 3.46. The molecule has 19 N–H and O–H groups in total. The number of nitrogens with one attached hydrogen (secondary N) is 8. The lowest BCUT2D eigenvalue weighted by Crippen LogP contribution is -2.63. The number of carbonyl (C=O) groups is 6. The van der Waals surface area contributed by atoms with E-state index < -0.39 is 198 Å². The topological polar surface area (TPSA) is 462 Å². The number of aliphatic hydroxyl groups excluding tert-OH is 8. The van der Waals surface area contributed by atoms with Crippen molar-refractivity contribution in [3.63, 3.8) is 0 Å². The van der Waals surface area contributed by atoms with E-state index in [9.17, 15) is 55.5 Å². The summed E-state index contributed by atoms with van der Waals surface area (Å²) in [5.41, 5.74) is 5.62. The van der Waals surface area contributed by atoms with E-state index in [-0.39, 0.29) is 125 Å². The lowest BCUT2D eigenvalue weighted by atomic mass is 9.63. The minimum absolute atomic E-state index is 0.00456. The molecule has 614 valence electrons. The fraction of sp³-hybridized carbons (Fsp3) is 0.512. The van der Waals surface area contributed by atoms with Gasteiger partial charge in [0, 0.05) is 54.1 Å². The number of carbonyl (C=O) groups excluding carboxylic acids is 6. The molecule has 114 heavy (non-hydrogen) atoms. The van der Waals surface area contributed by atoms with Gasteiger partial charge in [0.2, 0.25) is 47.5 Å². The molecule has 30 nitrogen and oxygen atoms in total. The second kappa shape index (κ2) is 34.3. The van der Waals surface area contributed by atoms with E-state index in [0.29, 0.717) is 27.3 Å². The van der Waals surface area contributed by atoms with Crippen LogP contribution in [0.15, 0.2) is 136 Å². The van der Waals surface area contributed by atoms with Crippen molar-refractivity contribution in [3.8, 4) is 28.4 Å². The number of allylic oxidation sites excluding steroid dienone is 9. The molecule has 6 amide bonds. The van der Waals surface area contributed by atoms with Crippen molar-refractivity contribution in [1.82, 2.24) is 42.5 Å². The molecule has 0 radical (unpaired) electrons. The summed E-state index contributed by atoms with van der Waals surface area (Å²) >= 11 is 27.8. The minimum atomic E-state index is -1.99. The Bertz CT molecular complexity index is 4520. The number of alkyl halides is 1. The molecule has 3 fully saturated rings. The van der Waals surface area contributed by atoms with E-state index >= 15 is 19.2 Å². The first-order valence-electron chi connectivity index (χ1n) is 38.0. The lowest BCUT2D eigenvalue weighted by molar-refractivity contribution is -0.317. The van der Waals surface area contributed by atoms with Crippen LogP contribution in [0.1, 0.15) is 115 Å². The third-order valence-electron chi connectivity index (χ3n) is 23.1. The normalized spacial score (nSPS) is 34.9. The van der Waals surface area contributed by atoms with Crippen molar-refractivity contribution in [3.05, 3.63) is 157 Å². The average Bonchev–Trinajstić information content (AvgIpc) is 0.898. The van der Waals surface area contributed by atoms with Crippen LogP contribution in [0.5, 0.6) is 17.2 Å². The maximum atomic E-state index is 15.8. The number of rotatable bonds is 12. The van der Waals surface area contributed by atoms with Gasteiger partial charge in [-0.3, -0.25) is 28.8 Å². The molecule has 3 aromatic rings. The molecule has 8 heterocycles. The maximum absolute atomic E-state index is 15.8. The van der Waals surface area contributed by atoms with Gasteiger partial charge < -0.3 is 123 Å². The molecule has 8 aliphatic heterocycles. The first-order chi connectivity index (χ1) is 54.1. The first-order valence-corrected chi connectivity index (χ1v) is 39.6. The Kier molecular flexibility index (Phi) is 25.3. The van der Waals surface area contributed by atoms with E-state index in [1.165, 1.54) is 62.6 Å². The minimum Gasteiger partial charge on any atom is -0.512 e. The van der Waals surface area contributed by atoms with Crippen molar-refractivity contribution in [2.75, 3.05) is 20.3 Å². The van der Waals surface area contributed by atoms with Gasteiger partial charge in [0.05, 0.1) is 77.9 Å². The molecule has 12 aliphatic rings. The standard InChI is InChI=1S/C80H96Cl3N9O21S/c1-33(2)19-49(85-6)72(102)90-64-66(98)38-11-17-53(47(82)22-38)109-55-24-40-25-56(69(55)113-78-70-60(68(100)57(32-94)111-78)44-20-35(7-15-43(44)36-8-13-41(81)14-9-36)30-86-79(4)29-59(112-70)108-34(3)71(79)101)110-54-18-12-39(23-48(54)83)67(99)65-76(106)88-51(31-93)45-26-42(95)28-80(5,107)61(45)46-21-37(10-16-52(46)96)62(74(104)91-65)92-77(114)63(40)89-73(103)50(27-58(84)97)87-75(64)105/h7-10,12-16,18,20,22,24-26,33-34,42,46,48-51,57,59-68,70-71,78,85-86,93-96,98-101,107H,11,17,19,21,23,27-32H2,1-6H3,(H2,84,97)(H,87,105)(H,88,106)(H,89,103)(H,90,102)(H,91,104)(H,92,114)/t34?,42?,46?,48?,49-,50+,51-,57?,59+,60+,61?,62-,63-,64-,65+,66-,67-,68?,70?,71-,78-,79?,80?/m1/s1. The summed E-state index contributed by atoms with van der Waals surface area (Å²) in [6.07, 6.45) is -8.52. The van der Waals surface area contributed by atoms with Crippen molar-refractivity contribution < 1.29 is 103 Å². The highest BCUT2D eigenvalue weighted by atomic mass is 35.5. The van der Waals surface area contributed by atoms with Crippen LogP contribution in [0.3, 0.4) is 0 Å². The summed E-state index contributed by atoms with van der Waals surface area (Å²) in [6.45, 7) is 7.22. The molecule has 4 aliphatic carbocycles. The number of primary amides is 1.